The minimum absolute atomic E-state index is 0.133. The maximum Gasteiger partial charge on any atom is 0.251 e. The number of anilines is 1. The van der Waals surface area contributed by atoms with Gasteiger partial charge >= 0.3 is 0 Å². The van der Waals surface area contributed by atoms with E-state index < -0.39 is 0 Å². The molecule has 0 radical (unpaired) electrons. The van der Waals surface area contributed by atoms with Crippen LogP contribution in [0.1, 0.15) is 15.9 Å². The Kier molecular flexibility index (Phi) is 5.10. The zero-order valence-electron chi connectivity index (χ0n) is 11.9. The molecule has 0 heterocycles. The number of hydrogen-bond donors (Lipinski definition) is 1. The van der Waals surface area contributed by atoms with Crippen LogP contribution in [0.5, 0.6) is 0 Å². The number of nitrogens with one attached hydrogen (secondary N) is 1. The zero-order valence-corrected chi connectivity index (χ0v) is 13.4. The first-order valence-electron chi connectivity index (χ1n) is 6.47. The van der Waals surface area contributed by atoms with E-state index in [4.69, 9.17) is 23.2 Å². The van der Waals surface area contributed by atoms with Crippen LogP contribution in [-0.2, 0) is 6.54 Å². The minimum atomic E-state index is -0.133. The molecule has 0 atom stereocenters. The molecule has 0 aliphatic heterocycles. The molecule has 0 saturated carbocycles. The Labute approximate surface area is 134 Å². The van der Waals surface area contributed by atoms with E-state index in [0.29, 0.717) is 22.2 Å². The van der Waals surface area contributed by atoms with Crippen molar-refractivity contribution >= 4 is 34.8 Å². The van der Waals surface area contributed by atoms with Crippen molar-refractivity contribution < 1.29 is 4.79 Å². The normalized spacial score (nSPS) is 10.3. The smallest absolute Gasteiger partial charge is 0.251 e. The average molecular weight is 323 g/mol. The van der Waals surface area contributed by atoms with Crippen molar-refractivity contribution in [1.29, 1.82) is 0 Å². The van der Waals surface area contributed by atoms with Gasteiger partial charge in [0.1, 0.15) is 0 Å². The summed E-state index contributed by atoms with van der Waals surface area (Å²) in [4.78, 5) is 14.1. The molecule has 0 fully saturated rings. The molecule has 1 N–H and O–H groups in total. The maximum atomic E-state index is 12.1. The molecular weight excluding hydrogens is 307 g/mol. The lowest BCUT2D eigenvalue weighted by Gasteiger charge is -2.13. The van der Waals surface area contributed by atoms with Gasteiger partial charge in [0.25, 0.3) is 5.91 Å². The van der Waals surface area contributed by atoms with Crippen LogP contribution in [0.4, 0.5) is 5.69 Å². The van der Waals surface area contributed by atoms with Crippen molar-refractivity contribution in [3.05, 3.63) is 63.6 Å². The van der Waals surface area contributed by atoms with E-state index in [2.05, 4.69) is 5.32 Å². The van der Waals surface area contributed by atoms with E-state index >= 15 is 0 Å². The third-order valence-electron chi connectivity index (χ3n) is 3.10. The number of halogens is 2. The fourth-order valence-electron chi connectivity index (χ4n) is 1.85. The number of nitrogens with zero attached hydrogens (tertiary/aromatic N) is 1. The van der Waals surface area contributed by atoms with Crippen LogP contribution in [0.25, 0.3) is 0 Å². The lowest BCUT2D eigenvalue weighted by molar-refractivity contribution is 0.0951. The number of carbonyl (C=O) groups is 1. The molecule has 2 rings (SSSR count). The van der Waals surface area contributed by atoms with Gasteiger partial charge in [-0.2, -0.15) is 0 Å². The highest BCUT2D eigenvalue weighted by Crippen LogP contribution is 2.21. The van der Waals surface area contributed by atoms with Crippen LogP contribution in [0.3, 0.4) is 0 Å². The van der Waals surface area contributed by atoms with Crippen molar-refractivity contribution in [1.82, 2.24) is 5.32 Å². The van der Waals surface area contributed by atoms with Gasteiger partial charge in [-0.05, 0) is 42.0 Å². The van der Waals surface area contributed by atoms with Gasteiger partial charge in [0.05, 0.1) is 0 Å². The van der Waals surface area contributed by atoms with Gasteiger partial charge in [-0.15, -0.1) is 0 Å². The summed E-state index contributed by atoms with van der Waals surface area (Å²) in [5, 5.41) is 3.97. The van der Waals surface area contributed by atoms with Gasteiger partial charge in [-0.3, -0.25) is 4.79 Å². The summed E-state index contributed by atoms with van der Waals surface area (Å²) in [5.41, 5.74) is 2.50. The topological polar surface area (TPSA) is 32.3 Å². The van der Waals surface area contributed by atoms with E-state index in [9.17, 15) is 4.79 Å². The molecule has 21 heavy (non-hydrogen) atoms. The van der Waals surface area contributed by atoms with Crippen LogP contribution in [0, 0.1) is 0 Å². The highest BCUT2D eigenvalue weighted by atomic mass is 35.5. The average Bonchev–Trinajstić information content (AvgIpc) is 2.46. The minimum Gasteiger partial charge on any atom is -0.378 e. The predicted molar refractivity (Wildman–Crippen MR) is 88.4 cm³/mol. The van der Waals surface area contributed by atoms with Crippen LogP contribution in [0.2, 0.25) is 10.0 Å². The fourth-order valence-corrected chi connectivity index (χ4v) is 2.33. The Balaban J connectivity index is 2.01. The number of hydrogen-bond acceptors (Lipinski definition) is 2. The summed E-state index contributed by atoms with van der Waals surface area (Å²) in [5.74, 6) is -0.133. The van der Waals surface area contributed by atoms with Crippen LogP contribution < -0.4 is 10.2 Å². The van der Waals surface area contributed by atoms with Crippen LogP contribution >= 0.6 is 23.2 Å². The van der Waals surface area contributed by atoms with Gasteiger partial charge in [0.15, 0.2) is 0 Å². The zero-order chi connectivity index (χ0) is 15.4. The summed E-state index contributed by atoms with van der Waals surface area (Å²) in [6, 6.07) is 12.6. The molecule has 2 aromatic carbocycles. The summed E-state index contributed by atoms with van der Waals surface area (Å²) in [7, 11) is 3.91. The first kappa shape index (κ1) is 15.7. The van der Waals surface area contributed by atoms with Gasteiger partial charge < -0.3 is 10.2 Å². The molecule has 3 nitrogen and oxygen atoms in total. The van der Waals surface area contributed by atoms with Crippen molar-refractivity contribution in [3.8, 4) is 0 Å². The molecule has 0 aliphatic rings. The second-order valence-electron chi connectivity index (χ2n) is 4.86. The second kappa shape index (κ2) is 6.83. The predicted octanol–water partition coefficient (Wildman–Crippen LogP) is 3.99. The lowest BCUT2D eigenvalue weighted by atomic mass is 10.1. The largest absolute Gasteiger partial charge is 0.378 e. The van der Waals surface area contributed by atoms with E-state index in [0.717, 1.165) is 11.3 Å². The number of benzene rings is 2. The Hall–Kier alpha value is -1.71. The fraction of sp³-hybridized carbons (Fsp3) is 0.188. The van der Waals surface area contributed by atoms with Gasteiger partial charge in [-0.25, -0.2) is 0 Å². The highest BCUT2D eigenvalue weighted by molar-refractivity contribution is 6.35. The third-order valence-corrected chi connectivity index (χ3v) is 3.69. The molecule has 5 heteroatoms. The second-order valence-corrected chi connectivity index (χ2v) is 5.70. The number of carbonyl (C=O) groups excluding carboxylic acids is 1. The van der Waals surface area contributed by atoms with E-state index in [1.54, 1.807) is 30.3 Å². The van der Waals surface area contributed by atoms with Crippen molar-refractivity contribution in [2.24, 2.45) is 0 Å². The van der Waals surface area contributed by atoms with Crippen molar-refractivity contribution in [3.63, 3.8) is 0 Å². The molecule has 110 valence electrons. The maximum absolute atomic E-state index is 12.1. The van der Waals surface area contributed by atoms with Gasteiger partial charge in [0.2, 0.25) is 0 Å². The van der Waals surface area contributed by atoms with Gasteiger partial charge in [-0.1, -0.05) is 29.3 Å². The molecule has 0 bridgehead atoms. The summed E-state index contributed by atoms with van der Waals surface area (Å²) in [6.45, 7) is 0.365. The molecule has 0 spiro atoms. The van der Waals surface area contributed by atoms with Crippen molar-refractivity contribution in [2.75, 3.05) is 19.0 Å². The first-order valence-corrected chi connectivity index (χ1v) is 7.22. The van der Waals surface area contributed by atoms with Crippen LogP contribution in [-0.4, -0.2) is 20.0 Å². The molecular formula is C16H16Cl2N2O. The van der Waals surface area contributed by atoms with E-state index in [1.807, 2.05) is 31.1 Å². The standard InChI is InChI=1S/C16H16Cl2N2O/c1-20(2)14-7-4-11(5-8-14)16(21)19-10-12-3-6-13(17)9-15(12)18/h3-9H,10H2,1-2H3,(H,19,21). The summed E-state index contributed by atoms with van der Waals surface area (Å²) < 4.78 is 0. The third kappa shape index (κ3) is 4.13. The summed E-state index contributed by atoms with van der Waals surface area (Å²) >= 11 is 11.9. The highest BCUT2D eigenvalue weighted by Gasteiger charge is 2.07. The Bertz CT molecular complexity index is 639. The quantitative estimate of drug-likeness (QED) is 0.923. The molecule has 0 saturated heterocycles. The first-order chi connectivity index (χ1) is 9.97. The molecule has 0 aliphatic carbocycles. The van der Waals surface area contributed by atoms with Crippen LogP contribution in [0.15, 0.2) is 42.5 Å². The monoisotopic (exact) mass is 322 g/mol. The van der Waals surface area contributed by atoms with E-state index in [1.165, 1.54) is 0 Å². The molecule has 2 aromatic rings. The Morgan fingerprint density at radius 1 is 1.10 bits per heavy atom. The number of amides is 1. The Morgan fingerprint density at radius 3 is 2.33 bits per heavy atom. The van der Waals surface area contributed by atoms with Crippen molar-refractivity contribution in [2.45, 2.75) is 6.54 Å². The lowest BCUT2D eigenvalue weighted by Crippen LogP contribution is -2.23. The molecule has 0 aromatic heterocycles. The van der Waals surface area contributed by atoms with E-state index in [-0.39, 0.29) is 5.91 Å². The SMILES string of the molecule is CN(C)c1ccc(C(=O)NCc2ccc(Cl)cc2Cl)cc1. The Morgan fingerprint density at radius 2 is 1.76 bits per heavy atom. The number of rotatable bonds is 4. The molecule has 0 unspecified atom stereocenters. The summed E-state index contributed by atoms with van der Waals surface area (Å²) in [6.07, 6.45) is 0. The molecule has 1 amide bonds. The van der Waals surface area contributed by atoms with Gasteiger partial charge in [0, 0.05) is 41.9 Å².